The average Bonchev–Trinajstić information content (AvgIpc) is 3.04. The zero-order chi connectivity index (χ0) is 17.1. The minimum atomic E-state index is 0.0317. The summed E-state index contributed by atoms with van der Waals surface area (Å²) in [5, 5.41) is 3.21. The summed E-state index contributed by atoms with van der Waals surface area (Å²) in [6, 6.07) is 17.0. The minimum Gasteiger partial charge on any atom is -0.348 e. The van der Waals surface area contributed by atoms with Crippen molar-refractivity contribution in [1.82, 2.24) is 10.2 Å². The summed E-state index contributed by atoms with van der Waals surface area (Å²) in [4.78, 5) is 14.8. The summed E-state index contributed by atoms with van der Waals surface area (Å²) >= 11 is 0. The van der Waals surface area contributed by atoms with E-state index in [1.807, 2.05) is 24.3 Å². The summed E-state index contributed by atoms with van der Waals surface area (Å²) in [7, 11) is 4.18. The fraction of sp³-hybridized carbons (Fsp3) is 0.381. The number of hydrogen-bond acceptors (Lipinski definition) is 2. The van der Waals surface area contributed by atoms with Gasteiger partial charge in [0.2, 0.25) is 0 Å². The van der Waals surface area contributed by atoms with Crippen LogP contribution in [-0.2, 0) is 0 Å². The molecule has 0 saturated heterocycles. The number of carbonyl (C=O) groups excluding carboxylic acids is 1. The van der Waals surface area contributed by atoms with E-state index >= 15 is 0 Å². The first-order valence-corrected chi connectivity index (χ1v) is 8.69. The van der Waals surface area contributed by atoms with Crippen molar-refractivity contribution in [3.63, 3.8) is 0 Å². The third-order valence-corrected chi connectivity index (χ3v) is 4.99. The van der Waals surface area contributed by atoms with E-state index in [1.54, 1.807) is 0 Å². The number of nitrogens with one attached hydrogen (secondary N) is 1. The zero-order valence-corrected chi connectivity index (χ0v) is 14.8. The quantitative estimate of drug-likeness (QED) is 0.926. The van der Waals surface area contributed by atoms with Gasteiger partial charge in [0.25, 0.3) is 5.91 Å². The number of rotatable bonds is 4. The molecule has 1 aliphatic rings. The van der Waals surface area contributed by atoms with Gasteiger partial charge in [0, 0.05) is 17.6 Å². The molecule has 0 heterocycles. The smallest absolute Gasteiger partial charge is 0.251 e. The van der Waals surface area contributed by atoms with E-state index in [1.165, 1.54) is 17.5 Å². The number of carbonyl (C=O) groups is 1. The number of aryl methyl sites for hydroxylation is 1. The molecule has 1 aliphatic carbocycles. The zero-order valence-electron chi connectivity index (χ0n) is 14.8. The molecule has 1 N–H and O–H groups in total. The number of amides is 1. The van der Waals surface area contributed by atoms with Crippen LogP contribution in [0.5, 0.6) is 0 Å². The fourth-order valence-electron chi connectivity index (χ4n) is 3.54. The van der Waals surface area contributed by atoms with Crippen molar-refractivity contribution in [3.05, 3.63) is 59.7 Å². The third kappa shape index (κ3) is 3.68. The second kappa shape index (κ2) is 7.18. The predicted molar refractivity (Wildman–Crippen MR) is 99.2 cm³/mol. The Balaban J connectivity index is 1.69. The Bertz CT molecular complexity index is 689. The van der Waals surface area contributed by atoms with Gasteiger partial charge in [-0.05, 0) is 63.5 Å². The molecule has 126 valence electrons. The van der Waals surface area contributed by atoms with Crippen LogP contribution in [0.1, 0.15) is 35.2 Å². The van der Waals surface area contributed by atoms with Crippen LogP contribution in [-0.4, -0.2) is 37.0 Å². The monoisotopic (exact) mass is 322 g/mol. The van der Waals surface area contributed by atoms with Gasteiger partial charge < -0.3 is 10.2 Å². The molecule has 2 aromatic carbocycles. The lowest BCUT2D eigenvalue weighted by molar-refractivity contribution is 0.0919. The van der Waals surface area contributed by atoms with Crippen LogP contribution in [0.25, 0.3) is 11.1 Å². The average molecular weight is 322 g/mol. The highest BCUT2D eigenvalue weighted by atomic mass is 16.1. The van der Waals surface area contributed by atoms with E-state index in [-0.39, 0.29) is 11.9 Å². The maximum absolute atomic E-state index is 12.5. The van der Waals surface area contributed by atoms with E-state index in [0.717, 1.165) is 24.0 Å². The Morgan fingerprint density at radius 2 is 1.54 bits per heavy atom. The molecule has 2 aromatic rings. The number of hydrogen-bond donors (Lipinski definition) is 1. The molecule has 0 aliphatic heterocycles. The standard InChI is InChI=1S/C21H26N2O/c1-15-7-9-16(10-8-15)17-11-13-18(14-12-17)21(24)22-19-5-4-6-20(19)23(2)3/h7-14,19-20H,4-6H2,1-3H3,(H,22,24)/t19-,20-/m1/s1. The Labute approximate surface area is 144 Å². The normalized spacial score (nSPS) is 20.3. The fourth-order valence-corrected chi connectivity index (χ4v) is 3.54. The van der Waals surface area contributed by atoms with Crippen molar-refractivity contribution in [2.75, 3.05) is 14.1 Å². The first-order chi connectivity index (χ1) is 11.5. The summed E-state index contributed by atoms with van der Waals surface area (Å²) in [5.41, 5.74) is 4.30. The highest BCUT2D eigenvalue weighted by Gasteiger charge is 2.30. The van der Waals surface area contributed by atoms with Crippen LogP contribution in [0, 0.1) is 6.92 Å². The van der Waals surface area contributed by atoms with E-state index in [0.29, 0.717) is 6.04 Å². The lowest BCUT2D eigenvalue weighted by atomic mass is 10.0. The highest BCUT2D eigenvalue weighted by Crippen LogP contribution is 2.24. The lowest BCUT2D eigenvalue weighted by Crippen LogP contribution is -2.46. The molecule has 3 heteroatoms. The first-order valence-electron chi connectivity index (χ1n) is 8.69. The van der Waals surface area contributed by atoms with Gasteiger partial charge in [-0.1, -0.05) is 42.0 Å². The molecular weight excluding hydrogens is 296 g/mol. The molecule has 1 fully saturated rings. The minimum absolute atomic E-state index is 0.0317. The first kappa shape index (κ1) is 16.7. The Hall–Kier alpha value is -2.13. The van der Waals surface area contributed by atoms with Gasteiger partial charge in [0.15, 0.2) is 0 Å². The van der Waals surface area contributed by atoms with Gasteiger partial charge in [-0.15, -0.1) is 0 Å². The molecule has 1 saturated carbocycles. The molecule has 1 amide bonds. The topological polar surface area (TPSA) is 32.3 Å². The van der Waals surface area contributed by atoms with Crippen molar-refractivity contribution in [2.24, 2.45) is 0 Å². The van der Waals surface area contributed by atoms with Gasteiger partial charge >= 0.3 is 0 Å². The summed E-state index contributed by atoms with van der Waals surface area (Å²) in [6.07, 6.45) is 3.40. The van der Waals surface area contributed by atoms with E-state index in [9.17, 15) is 4.79 Å². The van der Waals surface area contributed by atoms with Crippen molar-refractivity contribution in [3.8, 4) is 11.1 Å². The predicted octanol–water partition coefficient (Wildman–Crippen LogP) is 3.87. The molecular formula is C21H26N2O. The number of nitrogens with zero attached hydrogens (tertiary/aromatic N) is 1. The lowest BCUT2D eigenvalue weighted by Gasteiger charge is -2.26. The molecule has 0 spiro atoms. The number of likely N-dealkylation sites (N-methyl/N-ethyl adjacent to an activating group) is 1. The molecule has 0 unspecified atom stereocenters. The van der Waals surface area contributed by atoms with Crippen LogP contribution in [0.15, 0.2) is 48.5 Å². The van der Waals surface area contributed by atoms with Gasteiger partial charge in [0.05, 0.1) is 0 Å². The van der Waals surface area contributed by atoms with Gasteiger partial charge in [-0.2, -0.15) is 0 Å². The summed E-state index contributed by atoms with van der Waals surface area (Å²) < 4.78 is 0. The van der Waals surface area contributed by atoms with Crippen LogP contribution < -0.4 is 5.32 Å². The second-order valence-corrected chi connectivity index (χ2v) is 6.99. The van der Waals surface area contributed by atoms with E-state index in [4.69, 9.17) is 0 Å². The molecule has 3 nitrogen and oxygen atoms in total. The van der Waals surface area contributed by atoms with E-state index < -0.39 is 0 Å². The highest BCUT2D eigenvalue weighted by molar-refractivity contribution is 5.95. The SMILES string of the molecule is Cc1ccc(-c2ccc(C(=O)N[C@@H]3CCC[C@H]3N(C)C)cc2)cc1. The Morgan fingerprint density at radius 1 is 0.958 bits per heavy atom. The Morgan fingerprint density at radius 3 is 2.12 bits per heavy atom. The van der Waals surface area contributed by atoms with Crippen LogP contribution >= 0.6 is 0 Å². The van der Waals surface area contributed by atoms with E-state index in [2.05, 4.69) is 55.5 Å². The van der Waals surface area contributed by atoms with Gasteiger partial charge in [-0.25, -0.2) is 0 Å². The molecule has 0 bridgehead atoms. The van der Waals surface area contributed by atoms with Crippen LogP contribution in [0.3, 0.4) is 0 Å². The van der Waals surface area contributed by atoms with Crippen molar-refractivity contribution >= 4 is 5.91 Å². The molecule has 0 radical (unpaired) electrons. The maximum atomic E-state index is 12.5. The van der Waals surface area contributed by atoms with Crippen LogP contribution in [0.4, 0.5) is 0 Å². The summed E-state index contributed by atoms with van der Waals surface area (Å²) in [6.45, 7) is 2.08. The van der Waals surface area contributed by atoms with Gasteiger partial charge in [-0.3, -0.25) is 4.79 Å². The third-order valence-electron chi connectivity index (χ3n) is 4.99. The molecule has 24 heavy (non-hydrogen) atoms. The molecule has 3 rings (SSSR count). The molecule has 0 aromatic heterocycles. The van der Waals surface area contributed by atoms with Crippen molar-refractivity contribution in [2.45, 2.75) is 38.3 Å². The maximum Gasteiger partial charge on any atom is 0.251 e. The van der Waals surface area contributed by atoms with Crippen LogP contribution in [0.2, 0.25) is 0 Å². The van der Waals surface area contributed by atoms with Crippen molar-refractivity contribution < 1.29 is 4.79 Å². The largest absolute Gasteiger partial charge is 0.348 e. The summed E-state index contributed by atoms with van der Waals surface area (Å²) in [5.74, 6) is 0.0317. The van der Waals surface area contributed by atoms with Gasteiger partial charge in [0.1, 0.15) is 0 Å². The second-order valence-electron chi connectivity index (χ2n) is 6.99. The van der Waals surface area contributed by atoms with Crippen molar-refractivity contribution in [1.29, 1.82) is 0 Å². The number of benzene rings is 2. The molecule has 2 atom stereocenters. The Kier molecular flexibility index (Phi) is 5.00.